The summed E-state index contributed by atoms with van der Waals surface area (Å²) in [6.07, 6.45) is 0. The summed E-state index contributed by atoms with van der Waals surface area (Å²) in [4.78, 5) is 0. The summed E-state index contributed by atoms with van der Waals surface area (Å²) < 4.78 is 0. The lowest BCUT2D eigenvalue weighted by atomic mass is 9.61. The van der Waals surface area contributed by atoms with Gasteiger partial charge in [-0.15, -0.1) is 0 Å². The van der Waals surface area contributed by atoms with Crippen LogP contribution in [0.15, 0.2) is 66.9 Å². The van der Waals surface area contributed by atoms with Crippen LogP contribution < -0.4 is 0 Å². The minimum Gasteiger partial charge on any atom is -0.0446 e. The van der Waals surface area contributed by atoms with E-state index in [1.54, 1.807) is 16.7 Å². The Kier molecular flexibility index (Phi) is 3.29. The van der Waals surface area contributed by atoms with Crippen LogP contribution in [-0.2, 0) is 0 Å². The minimum atomic E-state index is 0.469. The smallest absolute Gasteiger partial charge is 0.0356 e. The summed E-state index contributed by atoms with van der Waals surface area (Å²) in [6.45, 7) is 20.8. The largest absolute Gasteiger partial charge is 0.0446 e. The van der Waals surface area contributed by atoms with Crippen molar-refractivity contribution in [1.29, 1.82) is 0 Å². The van der Waals surface area contributed by atoms with Crippen molar-refractivity contribution in [3.63, 3.8) is 0 Å². The van der Waals surface area contributed by atoms with E-state index in [9.17, 15) is 0 Å². The molecule has 0 amide bonds. The zero-order chi connectivity index (χ0) is 16.5. The molecule has 0 nitrogen and oxygen atoms in total. The molecule has 116 valence electrons. The van der Waals surface area contributed by atoms with E-state index in [1.165, 1.54) is 50.2 Å². The van der Waals surface area contributed by atoms with E-state index >= 15 is 0 Å². The molecular formula is C22H28. The average Bonchev–Trinajstić information content (AvgIpc) is 2.48. The number of hydrogen-bond acceptors (Lipinski definition) is 0. The number of rotatable bonds is 0. The number of hydrogen-bond donors (Lipinski definition) is 0. The van der Waals surface area contributed by atoms with E-state index in [0.29, 0.717) is 5.92 Å². The van der Waals surface area contributed by atoms with E-state index in [-0.39, 0.29) is 0 Å². The molecule has 0 unspecified atom stereocenters. The van der Waals surface area contributed by atoms with Gasteiger partial charge in [-0.2, -0.15) is 0 Å². The minimum absolute atomic E-state index is 0.469. The Morgan fingerprint density at radius 2 is 0.545 bits per heavy atom. The molecule has 0 atom stereocenters. The molecule has 0 heteroatoms. The Balaban J connectivity index is 2.53. The standard InChI is InChI=1S/C22H28/c1-10-13(4)19-15(6)11(2)17(8)21-18(9)12(3)16(7)20(14(10)5)22(19)21/h22H,1-9H3. The van der Waals surface area contributed by atoms with Gasteiger partial charge >= 0.3 is 0 Å². The maximum Gasteiger partial charge on any atom is 0.0356 e. The molecule has 0 radical (unpaired) electrons. The first kappa shape index (κ1) is 15.3. The van der Waals surface area contributed by atoms with Crippen molar-refractivity contribution in [2.24, 2.45) is 5.92 Å². The highest BCUT2D eigenvalue weighted by atomic mass is 14.4. The van der Waals surface area contributed by atoms with Crippen LogP contribution >= 0.6 is 0 Å². The van der Waals surface area contributed by atoms with Crippen LogP contribution in [0.3, 0.4) is 0 Å². The molecule has 0 aliphatic heterocycles. The monoisotopic (exact) mass is 292 g/mol. The summed E-state index contributed by atoms with van der Waals surface area (Å²) in [5, 5.41) is 0. The van der Waals surface area contributed by atoms with Crippen molar-refractivity contribution >= 4 is 0 Å². The van der Waals surface area contributed by atoms with Gasteiger partial charge in [-0.3, -0.25) is 0 Å². The molecule has 0 aromatic rings. The molecule has 0 saturated heterocycles. The molecule has 0 N–H and O–H groups in total. The normalized spacial score (nSPS) is 23.3. The lowest BCUT2D eigenvalue weighted by Gasteiger charge is -2.43. The van der Waals surface area contributed by atoms with Gasteiger partial charge in [0.05, 0.1) is 0 Å². The van der Waals surface area contributed by atoms with Crippen molar-refractivity contribution in [3.05, 3.63) is 66.9 Å². The van der Waals surface area contributed by atoms with Crippen molar-refractivity contribution in [2.45, 2.75) is 62.3 Å². The van der Waals surface area contributed by atoms with Crippen LogP contribution in [0, 0.1) is 5.92 Å². The Morgan fingerprint density at radius 1 is 0.318 bits per heavy atom. The van der Waals surface area contributed by atoms with Gasteiger partial charge in [-0.25, -0.2) is 0 Å². The molecule has 0 fully saturated rings. The molecule has 0 saturated carbocycles. The fraction of sp³-hybridized carbons (Fsp3) is 0.455. The van der Waals surface area contributed by atoms with Crippen molar-refractivity contribution < 1.29 is 0 Å². The molecular weight excluding hydrogens is 264 g/mol. The third kappa shape index (κ3) is 1.64. The van der Waals surface area contributed by atoms with Crippen LogP contribution in [0.5, 0.6) is 0 Å². The summed E-state index contributed by atoms with van der Waals surface area (Å²) in [5.41, 5.74) is 18.1. The van der Waals surface area contributed by atoms with Crippen LogP contribution in [0.1, 0.15) is 62.3 Å². The Bertz CT molecular complexity index is 686. The Labute approximate surface area is 135 Å². The first-order valence-electron chi connectivity index (χ1n) is 8.37. The fourth-order valence-corrected chi connectivity index (χ4v) is 4.63. The van der Waals surface area contributed by atoms with Crippen LogP contribution in [-0.4, -0.2) is 0 Å². The lowest BCUT2D eigenvalue weighted by molar-refractivity contribution is 0.758. The van der Waals surface area contributed by atoms with Crippen molar-refractivity contribution in [2.75, 3.05) is 0 Å². The predicted molar refractivity (Wildman–Crippen MR) is 96.7 cm³/mol. The predicted octanol–water partition coefficient (Wildman–Crippen LogP) is 6.60. The molecule has 0 aromatic carbocycles. The number of allylic oxidation sites excluding steroid dienone is 12. The first-order valence-corrected chi connectivity index (χ1v) is 8.37. The summed E-state index contributed by atoms with van der Waals surface area (Å²) >= 11 is 0. The Hall–Kier alpha value is -1.56. The third-order valence-electron chi connectivity index (χ3n) is 6.67. The van der Waals surface area contributed by atoms with E-state index in [4.69, 9.17) is 0 Å². The molecule has 22 heavy (non-hydrogen) atoms. The second-order valence-electron chi connectivity index (χ2n) is 7.30. The van der Waals surface area contributed by atoms with Gasteiger partial charge in [-0.05, 0) is 129 Å². The SMILES string of the molecule is CC1=C(C)C2=C(C)C(C)=C(C)C3=C(C)C(C)=C(C)C(=C1C)C23. The van der Waals surface area contributed by atoms with Crippen LogP contribution in [0.2, 0.25) is 0 Å². The quantitative estimate of drug-likeness (QED) is 0.471. The van der Waals surface area contributed by atoms with E-state index in [2.05, 4.69) is 62.3 Å². The van der Waals surface area contributed by atoms with Crippen molar-refractivity contribution in [1.82, 2.24) is 0 Å². The van der Waals surface area contributed by atoms with Gasteiger partial charge in [0.25, 0.3) is 0 Å². The molecule has 0 heterocycles. The highest BCUT2D eigenvalue weighted by Crippen LogP contribution is 2.55. The lowest BCUT2D eigenvalue weighted by Crippen LogP contribution is -2.28. The molecule has 3 aliphatic rings. The zero-order valence-electron chi connectivity index (χ0n) is 15.6. The van der Waals surface area contributed by atoms with Gasteiger partial charge in [-0.1, -0.05) is 0 Å². The second kappa shape index (κ2) is 4.72. The van der Waals surface area contributed by atoms with Gasteiger partial charge in [0.15, 0.2) is 0 Å². The highest BCUT2D eigenvalue weighted by Gasteiger charge is 2.40. The maximum atomic E-state index is 2.32. The van der Waals surface area contributed by atoms with E-state index < -0.39 is 0 Å². The van der Waals surface area contributed by atoms with Gasteiger partial charge in [0.2, 0.25) is 0 Å². The molecule has 0 aromatic heterocycles. The second-order valence-corrected chi connectivity index (χ2v) is 7.30. The van der Waals surface area contributed by atoms with E-state index in [0.717, 1.165) is 0 Å². The summed E-state index contributed by atoms with van der Waals surface area (Å²) in [5.74, 6) is 0.469. The third-order valence-corrected chi connectivity index (χ3v) is 6.67. The zero-order valence-corrected chi connectivity index (χ0v) is 15.6. The Morgan fingerprint density at radius 3 is 0.773 bits per heavy atom. The first-order chi connectivity index (χ1) is 10.2. The summed E-state index contributed by atoms with van der Waals surface area (Å²) in [7, 11) is 0. The molecule has 3 rings (SSSR count). The van der Waals surface area contributed by atoms with E-state index in [1.807, 2.05) is 0 Å². The van der Waals surface area contributed by atoms with Crippen LogP contribution in [0.4, 0.5) is 0 Å². The summed E-state index contributed by atoms with van der Waals surface area (Å²) in [6, 6.07) is 0. The van der Waals surface area contributed by atoms with Gasteiger partial charge < -0.3 is 0 Å². The van der Waals surface area contributed by atoms with Crippen LogP contribution in [0.25, 0.3) is 0 Å². The van der Waals surface area contributed by atoms with Crippen molar-refractivity contribution in [3.8, 4) is 0 Å². The topological polar surface area (TPSA) is 0 Å². The molecule has 0 spiro atoms. The maximum absolute atomic E-state index is 2.32. The van der Waals surface area contributed by atoms with Gasteiger partial charge in [0, 0.05) is 5.92 Å². The highest BCUT2D eigenvalue weighted by molar-refractivity contribution is 5.73. The average molecular weight is 292 g/mol. The fourth-order valence-electron chi connectivity index (χ4n) is 4.63. The van der Waals surface area contributed by atoms with Gasteiger partial charge in [0.1, 0.15) is 0 Å². The molecule has 0 bridgehead atoms. The molecule has 3 aliphatic carbocycles.